The quantitative estimate of drug-likeness (QED) is 0.799. The van der Waals surface area contributed by atoms with Crippen molar-refractivity contribution in [2.75, 3.05) is 24.6 Å². The molecule has 0 aromatic heterocycles. The van der Waals surface area contributed by atoms with Crippen molar-refractivity contribution in [3.05, 3.63) is 35.9 Å². The third-order valence-corrected chi connectivity index (χ3v) is 6.12. The van der Waals surface area contributed by atoms with Crippen molar-refractivity contribution in [3.63, 3.8) is 0 Å². The molecule has 1 aromatic rings. The number of carbonyl (C=O) groups excluding carboxylic acids is 1. The molecule has 2 atom stereocenters. The van der Waals surface area contributed by atoms with Crippen LogP contribution in [-0.2, 0) is 21.2 Å². The van der Waals surface area contributed by atoms with Gasteiger partial charge in [-0.1, -0.05) is 30.3 Å². The van der Waals surface area contributed by atoms with Crippen molar-refractivity contribution in [1.82, 2.24) is 9.80 Å². The summed E-state index contributed by atoms with van der Waals surface area (Å²) < 4.78 is 24.0. The molecule has 0 bridgehead atoms. The molecule has 2 aliphatic heterocycles. The lowest BCUT2D eigenvalue weighted by atomic mass is 10.0. The minimum Gasteiger partial charge on any atom is -0.336 e. The number of hydrogen-bond donors (Lipinski definition) is 0. The van der Waals surface area contributed by atoms with E-state index >= 15 is 0 Å². The van der Waals surface area contributed by atoms with Crippen LogP contribution in [0.1, 0.15) is 12.5 Å². The zero-order valence-electron chi connectivity index (χ0n) is 12.1. The normalized spacial score (nSPS) is 28.3. The summed E-state index contributed by atoms with van der Waals surface area (Å²) in [5.41, 5.74) is 1.18. The van der Waals surface area contributed by atoms with E-state index in [1.165, 1.54) is 12.5 Å². The topological polar surface area (TPSA) is 57.7 Å². The highest BCUT2D eigenvalue weighted by molar-refractivity contribution is 7.91. The number of amides is 1. The van der Waals surface area contributed by atoms with Crippen molar-refractivity contribution in [3.8, 4) is 0 Å². The molecule has 2 fully saturated rings. The molecule has 2 aliphatic rings. The lowest BCUT2D eigenvalue weighted by molar-refractivity contribution is -0.134. The Morgan fingerprint density at radius 2 is 1.81 bits per heavy atom. The van der Waals surface area contributed by atoms with Gasteiger partial charge in [-0.3, -0.25) is 9.69 Å². The van der Waals surface area contributed by atoms with E-state index in [0.717, 1.165) is 13.1 Å². The predicted octanol–water partition coefficient (Wildman–Crippen LogP) is 0.516. The summed E-state index contributed by atoms with van der Waals surface area (Å²) in [6.07, 6.45) is 0. The number of rotatable bonds is 2. The van der Waals surface area contributed by atoms with Crippen LogP contribution in [0, 0.1) is 0 Å². The molecule has 6 heteroatoms. The Balaban J connectivity index is 1.83. The number of hydrogen-bond acceptors (Lipinski definition) is 4. The van der Waals surface area contributed by atoms with Crippen LogP contribution in [-0.4, -0.2) is 60.8 Å². The van der Waals surface area contributed by atoms with Gasteiger partial charge in [0.1, 0.15) is 0 Å². The first-order valence-electron chi connectivity index (χ1n) is 7.22. The van der Waals surface area contributed by atoms with E-state index in [-0.39, 0.29) is 29.5 Å². The van der Waals surface area contributed by atoms with Crippen LogP contribution < -0.4 is 0 Å². The molecular weight excluding hydrogens is 288 g/mol. The fraction of sp³-hybridized carbons (Fsp3) is 0.533. The van der Waals surface area contributed by atoms with Crippen LogP contribution >= 0.6 is 0 Å². The average molecular weight is 308 g/mol. The maximum atomic E-state index is 12.0. The smallest absolute Gasteiger partial charge is 0.219 e. The monoisotopic (exact) mass is 308 g/mol. The van der Waals surface area contributed by atoms with E-state index in [1.807, 2.05) is 18.2 Å². The second-order valence-corrected chi connectivity index (χ2v) is 8.03. The van der Waals surface area contributed by atoms with Gasteiger partial charge in [0.25, 0.3) is 0 Å². The molecular formula is C15H20N2O3S. The van der Waals surface area contributed by atoms with E-state index in [1.54, 1.807) is 4.90 Å². The van der Waals surface area contributed by atoms with Gasteiger partial charge >= 0.3 is 0 Å². The standard InChI is InChI=1S/C15H20N2O3S/c1-12(18)17-8-7-16(9-13-5-3-2-4-6-13)14-10-21(19,20)11-15(14)17/h2-6,14-15H,7-11H2,1H3. The Morgan fingerprint density at radius 3 is 2.48 bits per heavy atom. The molecule has 21 heavy (non-hydrogen) atoms. The second kappa shape index (κ2) is 5.42. The summed E-state index contributed by atoms with van der Waals surface area (Å²) in [4.78, 5) is 15.7. The summed E-state index contributed by atoms with van der Waals surface area (Å²) in [6.45, 7) is 3.60. The summed E-state index contributed by atoms with van der Waals surface area (Å²) in [5, 5.41) is 0. The Bertz CT molecular complexity index is 630. The van der Waals surface area contributed by atoms with E-state index in [0.29, 0.717) is 6.54 Å². The van der Waals surface area contributed by atoms with Gasteiger partial charge in [-0.15, -0.1) is 0 Å². The highest BCUT2D eigenvalue weighted by Crippen LogP contribution is 2.28. The largest absolute Gasteiger partial charge is 0.336 e. The van der Waals surface area contributed by atoms with Gasteiger partial charge in [-0.05, 0) is 5.56 Å². The van der Waals surface area contributed by atoms with Gasteiger partial charge in [0.05, 0.1) is 17.5 Å². The van der Waals surface area contributed by atoms with Gasteiger partial charge in [-0.25, -0.2) is 8.42 Å². The first-order valence-corrected chi connectivity index (χ1v) is 9.04. The Morgan fingerprint density at radius 1 is 1.14 bits per heavy atom. The van der Waals surface area contributed by atoms with Crippen molar-refractivity contribution in [2.24, 2.45) is 0 Å². The van der Waals surface area contributed by atoms with Crippen LogP contribution in [0.15, 0.2) is 30.3 Å². The zero-order valence-corrected chi connectivity index (χ0v) is 12.9. The summed E-state index contributed by atoms with van der Waals surface area (Å²) in [7, 11) is -3.06. The molecule has 0 spiro atoms. The number of piperazine rings is 1. The van der Waals surface area contributed by atoms with Gasteiger partial charge in [0.15, 0.2) is 9.84 Å². The van der Waals surface area contributed by atoms with E-state index in [9.17, 15) is 13.2 Å². The fourth-order valence-corrected chi connectivity index (χ4v) is 5.44. The van der Waals surface area contributed by atoms with Gasteiger partial charge in [0, 0.05) is 32.6 Å². The highest BCUT2D eigenvalue weighted by atomic mass is 32.2. The molecule has 2 heterocycles. The molecule has 3 rings (SSSR count). The maximum Gasteiger partial charge on any atom is 0.219 e. The minimum absolute atomic E-state index is 0.0264. The van der Waals surface area contributed by atoms with Crippen LogP contribution in [0.4, 0.5) is 0 Å². The molecule has 114 valence electrons. The van der Waals surface area contributed by atoms with E-state index < -0.39 is 9.84 Å². The third-order valence-electron chi connectivity index (χ3n) is 4.42. The van der Waals surface area contributed by atoms with Crippen molar-refractivity contribution >= 4 is 15.7 Å². The average Bonchev–Trinajstić information content (AvgIpc) is 2.75. The number of sulfone groups is 1. The number of fused-ring (bicyclic) bond motifs is 1. The highest BCUT2D eigenvalue weighted by Gasteiger charge is 2.47. The van der Waals surface area contributed by atoms with Crippen LogP contribution in [0.2, 0.25) is 0 Å². The Labute approximate surface area is 125 Å². The Hall–Kier alpha value is -1.40. The molecule has 2 saturated heterocycles. The van der Waals surface area contributed by atoms with Gasteiger partial charge in [-0.2, -0.15) is 0 Å². The minimum atomic E-state index is -3.06. The zero-order chi connectivity index (χ0) is 15.0. The van der Waals surface area contributed by atoms with Crippen LogP contribution in [0.5, 0.6) is 0 Å². The summed E-state index contributed by atoms with van der Waals surface area (Å²) >= 11 is 0. The van der Waals surface area contributed by atoms with Gasteiger partial charge < -0.3 is 4.90 Å². The van der Waals surface area contributed by atoms with Crippen molar-refractivity contribution < 1.29 is 13.2 Å². The molecule has 1 aromatic carbocycles. The molecule has 0 radical (unpaired) electrons. The molecule has 2 unspecified atom stereocenters. The molecule has 5 nitrogen and oxygen atoms in total. The lowest BCUT2D eigenvalue weighted by Gasteiger charge is -2.43. The SMILES string of the molecule is CC(=O)N1CCN(Cc2ccccc2)C2CS(=O)(=O)CC21. The lowest BCUT2D eigenvalue weighted by Crippen LogP contribution is -2.59. The number of nitrogens with zero attached hydrogens (tertiary/aromatic N) is 2. The molecule has 0 aliphatic carbocycles. The summed E-state index contributed by atoms with van der Waals surface area (Å²) in [6, 6.07) is 9.79. The Kier molecular flexibility index (Phi) is 3.75. The van der Waals surface area contributed by atoms with E-state index in [4.69, 9.17) is 0 Å². The molecule has 0 N–H and O–H groups in total. The second-order valence-electron chi connectivity index (χ2n) is 5.88. The number of carbonyl (C=O) groups is 1. The molecule has 1 amide bonds. The van der Waals surface area contributed by atoms with Crippen molar-refractivity contribution in [2.45, 2.75) is 25.6 Å². The first kappa shape index (κ1) is 14.5. The van der Waals surface area contributed by atoms with Crippen molar-refractivity contribution in [1.29, 1.82) is 0 Å². The maximum absolute atomic E-state index is 12.0. The third kappa shape index (κ3) is 2.96. The van der Waals surface area contributed by atoms with E-state index in [2.05, 4.69) is 17.0 Å². The van der Waals surface area contributed by atoms with Crippen LogP contribution in [0.25, 0.3) is 0 Å². The summed E-state index contributed by atoms with van der Waals surface area (Å²) in [5.74, 6) is 0.234. The number of benzene rings is 1. The molecule has 0 saturated carbocycles. The fourth-order valence-electron chi connectivity index (χ4n) is 3.43. The first-order chi connectivity index (χ1) is 9.96. The van der Waals surface area contributed by atoms with Crippen LogP contribution in [0.3, 0.4) is 0 Å². The predicted molar refractivity (Wildman–Crippen MR) is 80.5 cm³/mol. The van der Waals surface area contributed by atoms with Gasteiger partial charge in [0.2, 0.25) is 5.91 Å².